The van der Waals surface area contributed by atoms with Crippen LogP contribution in [0.25, 0.3) is 0 Å². The molecule has 1 amide bonds. The van der Waals surface area contributed by atoms with Crippen molar-refractivity contribution in [3.05, 3.63) is 66.1 Å². The average Bonchev–Trinajstić information content (AvgIpc) is 3.94. The van der Waals surface area contributed by atoms with Crippen LogP contribution in [0.3, 0.4) is 0 Å². The zero-order valence-corrected chi connectivity index (χ0v) is 43.3. The lowest BCUT2D eigenvalue weighted by atomic mass is 9.78. The van der Waals surface area contributed by atoms with Gasteiger partial charge in [0.1, 0.15) is 30.1 Å². The summed E-state index contributed by atoms with van der Waals surface area (Å²) in [6.45, 7) is 12.7. The highest BCUT2D eigenvalue weighted by atomic mass is 16.6. The molecule has 1 aromatic rings. The Labute approximate surface area is 415 Å². The normalized spacial score (nSPS) is 38.1. The van der Waals surface area contributed by atoms with Gasteiger partial charge in [-0.15, -0.1) is 0 Å². The largest absolute Gasteiger partial charge is 0.460 e. The van der Waals surface area contributed by atoms with Gasteiger partial charge in [-0.05, 0) is 113 Å². The fraction of sp³-hybridized carbons (Fsp3) is 0.704. The Kier molecular flexibility index (Phi) is 23.5. The topological polar surface area (TPSA) is 224 Å². The lowest BCUT2D eigenvalue weighted by molar-refractivity contribution is -0.265. The van der Waals surface area contributed by atoms with E-state index in [0.717, 1.165) is 12.0 Å². The van der Waals surface area contributed by atoms with Gasteiger partial charge in [-0.3, -0.25) is 24.3 Å². The maximum absolute atomic E-state index is 14.4. The molecule has 0 spiro atoms. The molecule has 16 heteroatoms. The Balaban J connectivity index is 0.00000200. The molecular weight excluding hydrogens is 899 g/mol. The lowest BCUT2D eigenvalue weighted by Gasteiger charge is -2.42. The van der Waals surface area contributed by atoms with Gasteiger partial charge >= 0.3 is 5.97 Å². The number of carbonyl (C=O) groups excluding carboxylic acids is 5. The predicted octanol–water partition coefficient (Wildman–Crippen LogP) is 6.59. The average molecular weight is 982 g/mol. The van der Waals surface area contributed by atoms with Crippen molar-refractivity contribution in [3.63, 3.8) is 0 Å². The molecule has 1 aromatic heterocycles. The zero-order chi connectivity index (χ0) is 51.7. The number of carbonyl (C=O) groups is 5. The molecule has 3 fully saturated rings. The monoisotopic (exact) mass is 982 g/mol. The first-order valence-electron chi connectivity index (χ1n) is 25.4. The molecule has 0 radical (unpaired) electrons. The molecule has 2 bridgehead atoms. The number of aliphatic hydroxyl groups excluding tert-OH is 2. The molecule has 3 aliphatic heterocycles. The highest BCUT2D eigenvalue weighted by Crippen LogP contribution is 2.38. The summed E-state index contributed by atoms with van der Waals surface area (Å²) in [6.07, 6.45) is 14.6. The number of aliphatic hydroxyl groups is 3. The van der Waals surface area contributed by atoms with Crippen molar-refractivity contribution in [2.75, 3.05) is 27.9 Å². The van der Waals surface area contributed by atoms with Crippen LogP contribution in [0.2, 0.25) is 0 Å². The highest BCUT2D eigenvalue weighted by Gasteiger charge is 2.53. The van der Waals surface area contributed by atoms with Crippen LogP contribution in [0.5, 0.6) is 0 Å². The van der Waals surface area contributed by atoms with E-state index in [2.05, 4.69) is 10.2 Å². The summed E-state index contributed by atoms with van der Waals surface area (Å²) in [6, 6.07) is 0.694. The number of hydrogen-bond acceptors (Lipinski definition) is 14. The maximum Gasteiger partial charge on any atom is 0.329 e. The second kappa shape index (κ2) is 28.2. The van der Waals surface area contributed by atoms with Crippen LogP contribution in [-0.4, -0.2) is 142 Å². The number of Topliss-reactive ketones (excluding diaryl/α,β-unsaturated/α-hetero) is 3. The number of piperidine rings is 1. The van der Waals surface area contributed by atoms with Crippen LogP contribution in [0.1, 0.15) is 126 Å². The molecule has 392 valence electrons. The molecule has 4 N–H and O–H groups in total. The number of amides is 1. The smallest absolute Gasteiger partial charge is 0.329 e. The Hall–Kier alpha value is -4.16. The number of esters is 1. The maximum atomic E-state index is 14.4. The summed E-state index contributed by atoms with van der Waals surface area (Å²) >= 11 is 0. The summed E-state index contributed by atoms with van der Waals surface area (Å²) in [5.74, 6) is -7.96. The predicted molar refractivity (Wildman–Crippen MR) is 264 cm³/mol. The van der Waals surface area contributed by atoms with Crippen molar-refractivity contribution in [3.8, 4) is 0 Å². The molecule has 4 aliphatic rings. The SMILES string of the molecule is CO[C@H]1C[C@@H]2CC[C@@H](C)[C@@](O)(O2)C(=O)C(=O)N2CCCC[C@H]2C(=O)O[C@H]([C@H](C)C[C@@H]2CC[C@@H](O)[C@H](OC)C2)CC(=O)[C@H](C)/C=C(\C)[C@@H](O)[C@@H](OC)C(=O)[C@H](C)C[C@H](C)/C=C/C=C/C=C/1C.c1cn[nH]c1. The van der Waals surface area contributed by atoms with Gasteiger partial charge in [-0.2, -0.15) is 5.10 Å². The molecule has 16 nitrogen and oxygen atoms in total. The fourth-order valence-electron chi connectivity index (χ4n) is 10.3. The second-order valence-corrected chi connectivity index (χ2v) is 20.4. The van der Waals surface area contributed by atoms with Crippen molar-refractivity contribution in [1.82, 2.24) is 15.1 Å². The number of rotatable bonds is 6. The van der Waals surface area contributed by atoms with E-state index in [4.69, 9.17) is 23.7 Å². The number of aromatic nitrogens is 2. The van der Waals surface area contributed by atoms with Crippen LogP contribution in [0.4, 0.5) is 0 Å². The molecule has 1 aliphatic carbocycles. The first kappa shape index (κ1) is 58.4. The van der Waals surface area contributed by atoms with Crippen molar-refractivity contribution >= 4 is 29.2 Å². The van der Waals surface area contributed by atoms with Crippen LogP contribution in [-0.2, 0) is 47.7 Å². The third-order valence-electron chi connectivity index (χ3n) is 14.9. The zero-order valence-electron chi connectivity index (χ0n) is 43.3. The number of nitrogens with zero attached hydrogens (tertiary/aromatic N) is 2. The number of hydrogen-bond donors (Lipinski definition) is 4. The molecule has 70 heavy (non-hydrogen) atoms. The number of ether oxygens (including phenoxy) is 5. The second-order valence-electron chi connectivity index (χ2n) is 20.4. The van der Waals surface area contributed by atoms with Crippen LogP contribution >= 0.6 is 0 Å². The molecule has 4 heterocycles. The number of H-pyrrole nitrogens is 1. The van der Waals surface area contributed by atoms with Gasteiger partial charge in [0, 0.05) is 70.9 Å². The van der Waals surface area contributed by atoms with E-state index in [9.17, 15) is 39.3 Å². The van der Waals surface area contributed by atoms with E-state index in [1.54, 1.807) is 53.5 Å². The standard InChI is InChI=1S/C51H79NO13.C3H4N2/c1-30-16-12-11-13-17-31(2)42(61-8)28-38-21-19-36(7)51(60,65-38)48(57)49(58)52-23-15-14-18-39(52)50(59)64-43(33(4)26-37-20-22-40(53)44(27-37)62-9)29-41(54)32(3)25-35(6)46(56)47(63-10)45(55)34(5)24-30;1-2-4-5-3-1/h11-13,16-17,25,30,32-34,36-40,42-44,46-47,53,56,60H,14-15,18-24,26-29H2,1-10H3;1-3H,(H,4,5)/b13-11+,16-12+,31-17+,35-25+;/t30-,32-,33-,34-,36-,37+,38+,39+,40-,42+,43+,44-,46-,47+,51-;/m1./s1. The third-order valence-corrected chi connectivity index (χ3v) is 14.9. The Bertz CT molecular complexity index is 1950. The number of allylic oxidation sites excluding steroid dienone is 6. The third kappa shape index (κ3) is 16.2. The number of ketones is 3. The number of aromatic amines is 1. The molecule has 2 saturated heterocycles. The van der Waals surface area contributed by atoms with Gasteiger partial charge in [0.25, 0.3) is 11.7 Å². The van der Waals surface area contributed by atoms with E-state index in [1.165, 1.54) is 12.0 Å². The van der Waals surface area contributed by atoms with E-state index in [-0.39, 0.29) is 54.8 Å². The minimum absolute atomic E-state index is 0.0193. The Morgan fingerprint density at radius 3 is 2.27 bits per heavy atom. The van der Waals surface area contributed by atoms with Crippen LogP contribution < -0.4 is 0 Å². The number of nitrogens with one attached hydrogen (secondary N) is 1. The van der Waals surface area contributed by atoms with Gasteiger partial charge in [-0.25, -0.2) is 4.79 Å². The molecular formula is C54H83N3O13. The number of methoxy groups -OCH3 is 3. The van der Waals surface area contributed by atoms with Gasteiger partial charge in [-0.1, -0.05) is 71.1 Å². The first-order chi connectivity index (χ1) is 33.2. The minimum atomic E-state index is -2.43. The highest BCUT2D eigenvalue weighted by molar-refractivity contribution is 6.39. The number of fused-ring (bicyclic) bond motifs is 3. The molecule has 0 unspecified atom stereocenters. The molecule has 1 saturated carbocycles. The number of cyclic esters (lactones) is 1. The summed E-state index contributed by atoms with van der Waals surface area (Å²) in [5.41, 5.74) is 1.27. The van der Waals surface area contributed by atoms with E-state index >= 15 is 0 Å². The summed E-state index contributed by atoms with van der Waals surface area (Å²) in [4.78, 5) is 71.8. The van der Waals surface area contributed by atoms with E-state index < -0.39 is 83.9 Å². The van der Waals surface area contributed by atoms with Crippen LogP contribution in [0, 0.1) is 35.5 Å². The van der Waals surface area contributed by atoms with Crippen molar-refractivity contribution in [2.24, 2.45) is 35.5 Å². The fourth-order valence-corrected chi connectivity index (χ4v) is 10.3. The minimum Gasteiger partial charge on any atom is -0.460 e. The van der Waals surface area contributed by atoms with Gasteiger partial charge in [0.15, 0.2) is 5.78 Å². The van der Waals surface area contributed by atoms with Gasteiger partial charge in [0.05, 0.1) is 24.4 Å². The quantitative estimate of drug-likeness (QED) is 0.134. The first-order valence-corrected chi connectivity index (χ1v) is 25.4. The molecule has 5 rings (SSSR count). The van der Waals surface area contributed by atoms with Crippen molar-refractivity contribution < 1.29 is 63.0 Å². The lowest BCUT2D eigenvalue weighted by Crippen LogP contribution is -2.61. The summed E-state index contributed by atoms with van der Waals surface area (Å²) < 4.78 is 29.4. The van der Waals surface area contributed by atoms with Crippen LogP contribution in [0.15, 0.2) is 66.1 Å². The van der Waals surface area contributed by atoms with Gasteiger partial charge in [0.2, 0.25) is 5.79 Å². The van der Waals surface area contributed by atoms with Crippen molar-refractivity contribution in [1.29, 1.82) is 0 Å². The molecule has 0 aromatic carbocycles. The van der Waals surface area contributed by atoms with Gasteiger partial charge < -0.3 is 43.9 Å². The summed E-state index contributed by atoms with van der Waals surface area (Å²) in [7, 11) is 4.52. The van der Waals surface area contributed by atoms with E-state index in [0.29, 0.717) is 63.4 Å². The Morgan fingerprint density at radius 1 is 0.886 bits per heavy atom. The molecule has 15 atom stereocenters. The van der Waals surface area contributed by atoms with Crippen molar-refractivity contribution in [2.45, 2.75) is 180 Å². The van der Waals surface area contributed by atoms with E-state index in [1.807, 2.05) is 64.1 Å². The summed E-state index contributed by atoms with van der Waals surface area (Å²) in [5, 5.41) is 40.0. The Morgan fingerprint density at radius 2 is 1.63 bits per heavy atom.